The van der Waals surface area contributed by atoms with Crippen LogP contribution in [0.3, 0.4) is 0 Å². The highest BCUT2D eigenvalue weighted by Crippen LogP contribution is 2.78. The molecule has 0 radical (unpaired) electrons. The lowest BCUT2D eigenvalue weighted by Gasteiger charge is -2.17. The first-order chi connectivity index (χ1) is 5.58. The van der Waals surface area contributed by atoms with E-state index in [1.54, 1.807) is 11.3 Å². The van der Waals surface area contributed by atoms with Gasteiger partial charge in [-0.1, -0.05) is 27.7 Å². The van der Waals surface area contributed by atoms with Gasteiger partial charge < -0.3 is 5.32 Å². The molecule has 3 aliphatic rings. The molecule has 1 aliphatic heterocycles. The Morgan fingerprint density at radius 2 is 2.00 bits per heavy atom. The van der Waals surface area contributed by atoms with Gasteiger partial charge in [0.05, 0.1) is 6.04 Å². The average Bonchev–Trinajstić information content (AvgIpc) is 2.81. The molecular weight excluding hydrogens is 146 g/mol. The third-order valence-electron chi connectivity index (χ3n) is 4.43. The van der Waals surface area contributed by atoms with Gasteiger partial charge in [-0.3, -0.25) is 0 Å². The van der Waals surface area contributed by atoms with E-state index in [9.17, 15) is 0 Å². The number of nitrogens with one attached hydrogen (secondary N) is 1. The van der Waals surface area contributed by atoms with Gasteiger partial charge >= 0.3 is 0 Å². The summed E-state index contributed by atoms with van der Waals surface area (Å²) in [4.78, 5) is 0. The molecule has 1 N–H and O–H groups in total. The van der Waals surface area contributed by atoms with Crippen molar-refractivity contribution in [2.75, 3.05) is 0 Å². The predicted octanol–water partition coefficient (Wildman–Crippen LogP) is 2.15. The van der Waals surface area contributed by atoms with Gasteiger partial charge in [0, 0.05) is 11.1 Å². The summed E-state index contributed by atoms with van der Waals surface area (Å²) in [5.41, 5.74) is 3.99. The summed E-state index contributed by atoms with van der Waals surface area (Å²) in [6, 6.07) is 0.804. The van der Waals surface area contributed by atoms with Crippen molar-refractivity contribution in [3.8, 4) is 0 Å². The molecule has 4 unspecified atom stereocenters. The maximum Gasteiger partial charge on any atom is 0.0755 e. The van der Waals surface area contributed by atoms with Crippen LogP contribution in [0.15, 0.2) is 11.3 Å². The van der Waals surface area contributed by atoms with E-state index in [0.717, 1.165) is 23.8 Å². The largest absolute Gasteiger partial charge is 0.377 e. The third kappa shape index (κ3) is 0.494. The van der Waals surface area contributed by atoms with Gasteiger partial charge in [0.25, 0.3) is 0 Å². The molecule has 1 heteroatoms. The molecule has 3 rings (SSSR count). The van der Waals surface area contributed by atoms with E-state index in [0.29, 0.717) is 5.41 Å². The summed E-state index contributed by atoms with van der Waals surface area (Å²) in [7, 11) is 0. The normalized spacial score (nSPS) is 49.1. The predicted molar refractivity (Wildman–Crippen MR) is 49.5 cm³/mol. The Bertz CT molecular complexity index is 289. The van der Waals surface area contributed by atoms with Crippen LogP contribution >= 0.6 is 0 Å². The number of fused-ring (bicyclic) bond motifs is 3. The standard InChI is InChI=1S/C11H17N/c1-5(2)6(3)7-8-9-10(12-9)11(7,8)4/h5-7,10,12H,1-4H3. The van der Waals surface area contributed by atoms with Crippen molar-refractivity contribution in [2.45, 2.75) is 33.7 Å². The molecular formula is C11H17N. The van der Waals surface area contributed by atoms with Crippen molar-refractivity contribution >= 4 is 0 Å². The van der Waals surface area contributed by atoms with Crippen molar-refractivity contribution in [3.05, 3.63) is 11.3 Å². The molecule has 0 aromatic heterocycles. The molecule has 0 bridgehead atoms. The highest BCUT2D eigenvalue weighted by atomic mass is 15.2. The van der Waals surface area contributed by atoms with Crippen molar-refractivity contribution in [1.29, 1.82) is 0 Å². The Hall–Kier alpha value is -0.460. The zero-order valence-electron chi connectivity index (χ0n) is 8.31. The molecule has 1 saturated carbocycles. The monoisotopic (exact) mass is 163 g/mol. The minimum Gasteiger partial charge on any atom is -0.377 e. The number of hydrogen-bond acceptors (Lipinski definition) is 1. The molecule has 0 aromatic rings. The first-order valence-corrected chi connectivity index (χ1v) is 5.09. The minimum atomic E-state index is 0.610. The van der Waals surface area contributed by atoms with E-state index in [1.807, 2.05) is 0 Å². The van der Waals surface area contributed by atoms with Crippen molar-refractivity contribution in [1.82, 2.24) is 5.32 Å². The fourth-order valence-corrected chi connectivity index (χ4v) is 3.19. The summed E-state index contributed by atoms with van der Waals surface area (Å²) in [6.07, 6.45) is 0. The highest BCUT2D eigenvalue weighted by molar-refractivity contribution is 5.65. The topological polar surface area (TPSA) is 21.9 Å². The zero-order valence-corrected chi connectivity index (χ0v) is 8.31. The Morgan fingerprint density at radius 3 is 2.42 bits per heavy atom. The van der Waals surface area contributed by atoms with Crippen LogP contribution in [0.25, 0.3) is 0 Å². The van der Waals surface area contributed by atoms with Crippen LogP contribution in [0.4, 0.5) is 0 Å². The third-order valence-corrected chi connectivity index (χ3v) is 4.43. The summed E-state index contributed by atoms with van der Waals surface area (Å²) in [5.74, 6) is 2.65. The fourth-order valence-electron chi connectivity index (χ4n) is 3.19. The van der Waals surface area contributed by atoms with E-state index >= 15 is 0 Å². The van der Waals surface area contributed by atoms with Gasteiger partial charge in [0.1, 0.15) is 0 Å². The van der Waals surface area contributed by atoms with Crippen LogP contribution in [-0.4, -0.2) is 6.04 Å². The van der Waals surface area contributed by atoms with Crippen LogP contribution in [0.2, 0.25) is 0 Å². The van der Waals surface area contributed by atoms with E-state index in [2.05, 4.69) is 33.0 Å². The molecule has 4 atom stereocenters. The molecule has 1 heterocycles. The van der Waals surface area contributed by atoms with Crippen LogP contribution in [0.1, 0.15) is 27.7 Å². The molecule has 2 fully saturated rings. The Balaban J connectivity index is 1.84. The van der Waals surface area contributed by atoms with Gasteiger partial charge in [0.15, 0.2) is 0 Å². The van der Waals surface area contributed by atoms with Gasteiger partial charge in [-0.25, -0.2) is 0 Å². The summed E-state index contributed by atoms with van der Waals surface area (Å²) < 4.78 is 0. The fraction of sp³-hybridized carbons (Fsp3) is 0.818. The van der Waals surface area contributed by atoms with Crippen LogP contribution in [0, 0.1) is 23.2 Å². The lowest BCUT2D eigenvalue weighted by Crippen LogP contribution is -2.17. The van der Waals surface area contributed by atoms with Gasteiger partial charge in [-0.05, 0) is 23.3 Å². The lowest BCUT2D eigenvalue weighted by atomic mass is 9.87. The van der Waals surface area contributed by atoms with E-state index in [-0.39, 0.29) is 0 Å². The number of hydrogen-bond donors (Lipinski definition) is 1. The highest BCUT2D eigenvalue weighted by Gasteiger charge is 2.78. The second kappa shape index (κ2) is 1.59. The molecule has 1 nitrogen and oxygen atoms in total. The van der Waals surface area contributed by atoms with Crippen molar-refractivity contribution in [3.63, 3.8) is 0 Å². The molecule has 66 valence electrons. The zero-order chi connectivity index (χ0) is 8.67. The average molecular weight is 163 g/mol. The Morgan fingerprint density at radius 1 is 1.33 bits per heavy atom. The van der Waals surface area contributed by atoms with Gasteiger partial charge in [0.2, 0.25) is 0 Å². The first kappa shape index (κ1) is 6.99. The van der Waals surface area contributed by atoms with Crippen LogP contribution < -0.4 is 5.32 Å². The van der Waals surface area contributed by atoms with Crippen molar-refractivity contribution in [2.24, 2.45) is 23.2 Å². The molecule has 0 aromatic carbocycles. The molecule has 1 saturated heterocycles. The first-order valence-electron chi connectivity index (χ1n) is 5.09. The van der Waals surface area contributed by atoms with Gasteiger partial charge in [-0.2, -0.15) is 0 Å². The summed E-state index contributed by atoms with van der Waals surface area (Å²) in [6.45, 7) is 9.53. The maximum absolute atomic E-state index is 3.45. The van der Waals surface area contributed by atoms with Gasteiger partial charge in [-0.15, -0.1) is 0 Å². The quantitative estimate of drug-likeness (QED) is 0.619. The van der Waals surface area contributed by atoms with E-state index < -0.39 is 0 Å². The molecule has 2 aliphatic carbocycles. The number of rotatable bonds is 2. The molecule has 0 amide bonds. The molecule has 12 heavy (non-hydrogen) atoms. The summed E-state index contributed by atoms with van der Waals surface area (Å²) in [5, 5.41) is 3.45. The van der Waals surface area contributed by atoms with Crippen LogP contribution in [0.5, 0.6) is 0 Å². The molecule has 0 spiro atoms. The minimum absolute atomic E-state index is 0.610. The lowest BCUT2D eigenvalue weighted by molar-refractivity contribution is 0.318. The SMILES string of the molecule is CC(C)C(C)C1C2=C3NC3C21C. The second-order valence-corrected chi connectivity index (χ2v) is 5.27. The van der Waals surface area contributed by atoms with E-state index in [1.165, 1.54) is 0 Å². The smallest absolute Gasteiger partial charge is 0.0755 e. The van der Waals surface area contributed by atoms with E-state index in [4.69, 9.17) is 0 Å². The van der Waals surface area contributed by atoms with Crippen molar-refractivity contribution < 1.29 is 0 Å². The summed E-state index contributed by atoms with van der Waals surface area (Å²) >= 11 is 0. The second-order valence-electron chi connectivity index (χ2n) is 5.27. The Kier molecular flexibility index (Phi) is 0.928. The maximum atomic E-state index is 3.45. The Labute approximate surface area is 74.2 Å². The van der Waals surface area contributed by atoms with Crippen LogP contribution in [-0.2, 0) is 0 Å².